The molecule has 5 heteroatoms. The third-order valence-electron chi connectivity index (χ3n) is 3.13. The van der Waals surface area contributed by atoms with E-state index in [0.717, 1.165) is 5.69 Å². The normalized spacial score (nSPS) is 12.3. The number of rotatable bonds is 8. The molecule has 0 spiro atoms. The average Bonchev–Trinajstić information content (AvgIpc) is 2.43. The number of nitrogens with zero attached hydrogens (tertiary/aromatic N) is 1. The van der Waals surface area contributed by atoms with Crippen LogP contribution in [0.1, 0.15) is 27.2 Å². The van der Waals surface area contributed by atoms with E-state index < -0.39 is 0 Å². The van der Waals surface area contributed by atoms with Crippen molar-refractivity contribution < 1.29 is 13.9 Å². The van der Waals surface area contributed by atoms with Crippen LogP contribution in [0.25, 0.3) is 0 Å². The molecular weight excluding hydrogens is 271 g/mol. The lowest BCUT2D eigenvalue weighted by Crippen LogP contribution is -2.43. The van der Waals surface area contributed by atoms with E-state index in [0.29, 0.717) is 19.6 Å². The van der Waals surface area contributed by atoms with Crippen molar-refractivity contribution in [2.75, 3.05) is 25.1 Å². The molecule has 0 aromatic heterocycles. The number of halogens is 1. The third kappa shape index (κ3) is 6.12. The number of ether oxygens (including phenoxy) is 1. The summed E-state index contributed by atoms with van der Waals surface area (Å²) in [6, 6.07) is 6.19. The molecular formula is C16H25FN2O2. The van der Waals surface area contributed by atoms with E-state index in [9.17, 15) is 9.18 Å². The van der Waals surface area contributed by atoms with Crippen molar-refractivity contribution in [3.8, 4) is 0 Å². The van der Waals surface area contributed by atoms with Gasteiger partial charge in [0.05, 0.1) is 6.61 Å². The molecule has 1 atom stereocenters. The van der Waals surface area contributed by atoms with Crippen LogP contribution in [0.5, 0.6) is 0 Å². The molecule has 21 heavy (non-hydrogen) atoms. The van der Waals surface area contributed by atoms with Gasteiger partial charge in [0.15, 0.2) is 0 Å². The van der Waals surface area contributed by atoms with E-state index in [1.54, 1.807) is 19.1 Å². The van der Waals surface area contributed by atoms with E-state index in [-0.39, 0.29) is 23.9 Å². The van der Waals surface area contributed by atoms with Crippen molar-refractivity contribution in [1.29, 1.82) is 0 Å². The second-order valence-corrected chi connectivity index (χ2v) is 5.31. The summed E-state index contributed by atoms with van der Waals surface area (Å²) in [5.74, 6) is -0.475. The number of benzene rings is 1. The molecule has 4 nitrogen and oxygen atoms in total. The van der Waals surface area contributed by atoms with Crippen molar-refractivity contribution in [3.05, 3.63) is 30.1 Å². The molecule has 1 N–H and O–H groups in total. The molecule has 118 valence electrons. The van der Waals surface area contributed by atoms with Crippen molar-refractivity contribution in [1.82, 2.24) is 5.32 Å². The molecule has 0 aliphatic carbocycles. The van der Waals surface area contributed by atoms with Gasteiger partial charge in [0.25, 0.3) is 0 Å². The van der Waals surface area contributed by atoms with Crippen LogP contribution in [0.15, 0.2) is 24.3 Å². The van der Waals surface area contributed by atoms with Crippen LogP contribution in [0.3, 0.4) is 0 Å². The lowest BCUT2D eigenvalue weighted by atomic mass is 10.1. The molecule has 0 bridgehead atoms. The number of carbonyl (C=O) groups excluding carboxylic acids is 1. The molecule has 0 saturated heterocycles. The van der Waals surface area contributed by atoms with E-state index in [1.165, 1.54) is 12.1 Å². The van der Waals surface area contributed by atoms with Crippen LogP contribution in [0.4, 0.5) is 10.1 Å². The van der Waals surface area contributed by atoms with Crippen LogP contribution in [0, 0.1) is 5.82 Å². The fraction of sp³-hybridized carbons (Fsp3) is 0.562. The molecule has 0 aliphatic heterocycles. The Bertz CT molecular complexity index is 434. The minimum atomic E-state index is -0.326. The van der Waals surface area contributed by atoms with Gasteiger partial charge in [-0.25, -0.2) is 4.39 Å². The van der Waals surface area contributed by atoms with Gasteiger partial charge in [-0.15, -0.1) is 0 Å². The van der Waals surface area contributed by atoms with Crippen LogP contribution >= 0.6 is 0 Å². The molecule has 0 radical (unpaired) electrons. The van der Waals surface area contributed by atoms with E-state index in [2.05, 4.69) is 5.32 Å². The molecule has 1 aromatic rings. The first kappa shape index (κ1) is 17.4. The monoisotopic (exact) mass is 296 g/mol. The third-order valence-corrected chi connectivity index (χ3v) is 3.13. The highest BCUT2D eigenvalue weighted by atomic mass is 19.1. The molecule has 0 aliphatic rings. The second kappa shape index (κ2) is 8.62. The number of anilines is 1. The zero-order valence-electron chi connectivity index (χ0n) is 13.2. The van der Waals surface area contributed by atoms with Gasteiger partial charge >= 0.3 is 5.97 Å². The van der Waals surface area contributed by atoms with Gasteiger partial charge in [-0.1, -0.05) is 13.8 Å². The summed E-state index contributed by atoms with van der Waals surface area (Å²) < 4.78 is 18.0. The largest absolute Gasteiger partial charge is 0.465 e. The summed E-state index contributed by atoms with van der Waals surface area (Å²) in [4.78, 5) is 13.9. The van der Waals surface area contributed by atoms with Gasteiger partial charge in [-0.2, -0.15) is 0 Å². The number of carbonyl (C=O) groups is 1. The van der Waals surface area contributed by atoms with Gasteiger partial charge in [-0.3, -0.25) is 4.79 Å². The Kier molecular flexibility index (Phi) is 7.15. The summed E-state index contributed by atoms with van der Waals surface area (Å²) in [7, 11) is 1.92. The standard InChI is InChI=1S/C16H25FN2O2/c1-5-21-16(20)15(18-12(2)3)10-11-19(4)14-8-6-13(17)7-9-14/h6-9,12,15,18H,5,10-11H2,1-4H3. The molecule has 0 saturated carbocycles. The molecule has 1 aromatic carbocycles. The maximum absolute atomic E-state index is 12.9. The summed E-state index contributed by atoms with van der Waals surface area (Å²) in [5.41, 5.74) is 0.920. The highest BCUT2D eigenvalue weighted by Crippen LogP contribution is 2.14. The molecule has 0 amide bonds. The maximum atomic E-state index is 12.9. The van der Waals surface area contributed by atoms with Gasteiger partial charge in [0.2, 0.25) is 0 Å². The summed E-state index contributed by atoms with van der Waals surface area (Å²) in [6.45, 7) is 6.85. The Morgan fingerprint density at radius 3 is 2.48 bits per heavy atom. The van der Waals surface area contributed by atoms with Crippen LogP contribution < -0.4 is 10.2 Å². The first-order chi connectivity index (χ1) is 9.93. The fourth-order valence-electron chi connectivity index (χ4n) is 2.06. The Balaban J connectivity index is 2.58. The molecule has 1 unspecified atom stereocenters. The zero-order valence-corrected chi connectivity index (χ0v) is 13.2. The average molecular weight is 296 g/mol. The van der Waals surface area contributed by atoms with Crippen molar-refractivity contribution in [3.63, 3.8) is 0 Å². The molecule has 1 rings (SSSR count). The van der Waals surface area contributed by atoms with Crippen LogP contribution in [0.2, 0.25) is 0 Å². The number of nitrogens with one attached hydrogen (secondary N) is 1. The van der Waals surface area contributed by atoms with E-state index >= 15 is 0 Å². The summed E-state index contributed by atoms with van der Waals surface area (Å²) in [6.07, 6.45) is 0.630. The fourth-order valence-corrected chi connectivity index (χ4v) is 2.06. The zero-order chi connectivity index (χ0) is 15.8. The van der Waals surface area contributed by atoms with Crippen molar-refractivity contribution in [2.45, 2.75) is 39.3 Å². The Hall–Kier alpha value is -1.62. The number of hydrogen-bond acceptors (Lipinski definition) is 4. The van der Waals surface area contributed by atoms with Gasteiger partial charge in [-0.05, 0) is 37.6 Å². The Morgan fingerprint density at radius 2 is 1.95 bits per heavy atom. The molecule has 0 heterocycles. The van der Waals surface area contributed by atoms with Crippen LogP contribution in [-0.2, 0) is 9.53 Å². The minimum Gasteiger partial charge on any atom is -0.465 e. The first-order valence-electron chi connectivity index (χ1n) is 7.33. The Morgan fingerprint density at radius 1 is 1.33 bits per heavy atom. The first-order valence-corrected chi connectivity index (χ1v) is 7.33. The van der Waals surface area contributed by atoms with Crippen molar-refractivity contribution in [2.24, 2.45) is 0 Å². The van der Waals surface area contributed by atoms with Crippen molar-refractivity contribution >= 4 is 11.7 Å². The molecule has 0 fully saturated rings. The Labute approximate surface area is 126 Å². The van der Waals surface area contributed by atoms with Gasteiger partial charge < -0.3 is 15.0 Å². The predicted octanol–water partition coefficient (Wildman–Crippen LogP) is 2.58. The van der Waals surface area contributed by atoms with Crippen LogP contribution in [-0.4, -0.2) is 38.3 Å². The smallest absolute Gasteiger partial charge is 0.323 e. The minimum absolute atomic E-state index is 0.204. The number of hydrogen-bond donors (Lipinski definition) is 1. The summed E-state index contributed by atoms with van der Waals surface area (Å²) in [5, 5.41) is 3.22. The van der Waals surface area contributed by atoms with E-state index in [1.807, 2.05) is 25.8 Å². The highest BCUT2D eigenvalue weighted by Gasteiger charge is 2.20. The second-order valence-electron chi connectivity index (χ2n) is 5.31. The predicted molar refractivity (Wildman–Crippen MR) is 83.0 cm³/mol. The topological polar surface area (TPSA) is 41.6 Å². The highest BCUT2D eigenvalue weighted by molar-refractivity contribution is 5.75. The lowest BCUT2D eigenvalue weighted by molar-refractivity contribution is -0.146. The maximum Gasteiger partial charge on any atom is 0.323 e. The van der Waals surface area contributed by atoms with Gasteiger partial charge in [0, 0.05) is 25.3 Å². The van der Waals surface area contributed by atoms with Gasteiger partial charge in [0.1, 0.15) is 11.9 Å². The SMILES string of the molecule is CCOC(=O)C(CCN(C)c1ccc(F)cc1)NC(C)C. The summed E-state index contributed by atoms with van der Waals surface area (Å²) >= 11 is 0. The van der Waals surface area contributed by atoms with E-state index in [4.69, 9.17) is 4.74 Å². The quantitative estimate of drug-likeness (QED) is 0.749. The number of esters is 1. The lowest BCUT2D eigenvalue weighted by Gasteiger charge is -2.24.